The van der Waals surface area contributed by atoms with E-state index < -0.39 is 24.5 Å². The van der Waals surface area contributed by atoms with Crippen LogP contribution in [0.3, 0.4) is 0 Å². The van der Waals surface area contributed by atoms with Gasteiger partial charge >= 0.3 is 12.0 Å². The molecule has 172 valence electrons. The number of amides is 3. The van der Waals surface area contributed by atoms with Crippen molar-refractivity contribution in [2.45, 2.75) is 38.1 Å². The Morgan fingerprint density at radius 1 is 1.12 bits per heavy atom. The predicted octanol–water partition coefficient (Wildman–Crippen LogP) is 2.34. The summed E-state index contributed by atoms with van der Waals surface area (Å²) in [7, 11) is 0. The molecule has 0 radical (unpaired) electrons. The van der Waals surface area contributed by atoms with Crippen LogP contribution in [0.2, 0.25) is 0 Å². The third kappa shape index (κ3) is 6.04. The topological polar surface area (TPSA) is 119 Å². The van der Waals surface area contributed by atoms with Crippen molar-refractivity contribution in [2.24, 2.45) is 0 Å². The smallest absolute Gasteiger partial charge is 0.321 e. The first-order valence-corrected chi connectivity index (χ1v) is 11.6. The molecule has 0 atom stereocenters. The number of carbonyl (C=O) groups is 3. The Kier molecular flexibility index (Phi) is 7.13. The number of hydrogen-bond donors (Lipinski definition) is 2. The number of nitrogens with one attached hydrogen (secondary N) is 2. The van der Waals surface area contributed by atoms with E-state index in [1.165, 1.54) is 0 Å². The summed E-state index contributed by atoms with van der Waals surface area (Å²) in [6.45, 7) is -0.168. The second kappa shape index (κ2) is 10.4. The van der Waals surface area contributed by atoms with Crippen LogP contribution in [0.15, 0.2) is 46.6 Å². The van der Waals surface area contributed by atoms with Gasteiger partial charge in [0.1, 0.15) is 5.82 Å². The molecule has 1 aromatic carbocycles. The summed E-state index contributed by atoms with van der Waals surface area (Å²) < 4.78 is 6.65. The van der Waals surface area contributed by atoms with Gasteiger partial charge < -0.3 is 10.1 Å². The summed E-state index contributed by atoms with van der Waals surface area (Å²) in [5.41, 5.74) is 0.489. The van der Waals surface area contributed by atoms with E-state index in [9.17, 15) is 19.2 Å². The maximum Gasteiger partial charge on any atom is 0.321 e. The first-order chi connectivity index (χ1) is 16.0. The van der Waals surface area contributed by atoms with Crippen LogP contribution in [-0.4, -0.2) is 40.6 Å². The van der Waals surface area contributed by atoms with Crippen molar-refractivity contribution in [2.75, 3.05) is 13.2 Å². The third-order valence-electron chi connectivity index (χ3n) is 5.20. The van der Waals surface area contributed by atoms with Crippen LogP contribution in [0.1, 0.15) is 36.0 Å². The standard InChI is InChI=1S/C23H24N4O5S/c28-20(26-23(31)24-12-11-16-4-3-13-33-16)14-32-21(29)10-9-19-25-18-6-2-1-5-17(18)22(30)27(19)15-7-8-15/h1-6,13,15H,7-12,14H2,(H2,24,26,28,31). The minimum absolute atomic E-state index is 0.0300. The highest BCUT2D eigenvalue weighted by Gasteiger charge is 2.28. The number of nitrogens with zero attached hydrogens (tertiary/aromatic N) is 2. The SMILES string of the molecule is O=C(COC(=O)CCc1nc2ccccc2c(=O)n1C1CC1)NC(=O)NCCc1cccs1. The molecule has 2 heterocycles. The van der Waals surface area contributed by atoms with Crippen molar-refractivity contribution in [3.63, 3.8) is 0 Å². The molecule has 0 unspecified atom stereocenters. The van der Waals surface area contributed by atoms with E-state index in [4.69, 9.17) is 4.74 Å². The van der Waals surface area contributed by atoms with E-state index in [2.05, 4.69) is 15.6 Å². The summed E-state index contributed by atoms with van der Waals surface area (Å²) in [5.74, 6) is -0.781. The highest BCUT2D eigenvalue weighted by atomic mass is 32.1. The maximum absolute atomic E-state index is 12.9. The molecule has 3 amide bonds. The third-order valence-corrected chi connectivity index (χ3v) is 6.14. The zero-order chi connectivity index (χ0) is 23.2. The molecule has 1 fully saturated rings. The van der Waals surface area contributed by atoms with Gasteiger partial charge in [-0.05, 0) is 42.8 Å². The predicted molar refractivity (Wildman–Crippen MR) is 123 cm³/mol. The summed E-state index contributed by atoms with van der Waals surface area (Å²) in [6, 6.07) is 10.5. The van der Waals surface area contributed by atoms with Crippen LogP contribution in [-0.2, 0) is 27.2 Å². The Morgan fingerprint density at radius 3 is 2.70 bits per heavy atom. The van der Waals surface area contributed by atoms with E-state index >= 15 is 0 Å². The Balaban J connectivity index is 1.24. The van der Waals surface area contributed by atoms with Crippen LogP contribution < -0.4 is 16.2 Å². The number of rotatable bonds is 9. The van der Waals surface area contributed by atoms with Crippen molar-refractivity contribution in [1.29, 1.82) is 0 Å². The second-order valence-electron chi connectivity index (χ2n) is 7.75. The van der Waals surface area contributed by atoms with E-state index in [0.29, 0.717) is 29.7 Å². The molecule has 0 spiro atoms. The molecule has 9 nitrogen and oxygen atoms in total. The molecule has 3 aromatic rings. The molecular weight excluding hydrogens is 444 g/mol. The van der Waals surface area contributed by atoms with Gasteiger partial charge in [0.25, 0.3) is 11.5 Å². The number of aryl methyl sites for hydroxylation is 1. The number of benzene rings is 1. The molecule has 2 N–H and O–H groups in total. The van der Waals surface area contributed by atoms with Crippen molar-refractivity contribution in [3.05, 3.63) is 62.8 Å². The monoisotopic (exact) mass is 468 g/mol. The van der Waals surface area contributed by atoms with E-state index in [0.717, 1.165) is 17.7 Å². The number of fused-ring (bicyclic) bond motifs is 1. The summed E-state index contributed by atoms with van der Waals surface area (Å²) in [4.78, 5) is 54.3. The van der Waals surface area contributed by atoms with Crippen molar-refractivity contribution < 1.29 is 19.1 Å². The Morgan fingerprint density at radius 2 is 1.94 bits per heavy atom. The Hall–Kier alpha value is -3.53. The summed E-state index contributed by atoms with van der Waals surface area (Å²) >= 11 is 1.59. The number of esters is 1. The fraction of sp³-hybridized carbons (Fsp3) is 0.348. The number of para-hydroxylation sites is 1. The number of ether oxygens (including phenoxy) is 1. The van der Waals surface area contributed by atoms with Gasteiger partial charge in [-0.1, -0.05) is 18.2 Å². The lowest BCUT2D eigenvalue weighted by Gasteiger charge is -2.12. The molecule has 1 aliphatic rings. The molecule has 0 bridgehead atoms. The van der Waals surface area contributed by atoms with E-state index in [1.807, 2.05) is 23.6 Å². The van der Waals surface area contributed by atoms with Crippen LogP contribution in [0.4, 0.5) is 4.79 Å². The number of urea groups is 1. The minimum Gasteiger partial charge on any atom is -0.456 e. The molecule has 10 heteroatoms. The zero-order valence-corrected chi connectivity index (χ0v) is 18.7. The first-order valence-electron chi connectivity index (χ1n) is 10.8. The van der Waals surface area contributed by atoms with Crippen molar-refractivity contribution >= 4 is 40.1 Å². The van der Waals surface area contributed by atoms with Gasteiger partial charge in [-0.3, -0.25) is 24.3 Å². The van der Waals surface area contributed by atoms with Crippen LogP contribution >= 0.6 is 11.3 Å². The molecule has 0 saturated heterocycles. The maximum atomic E-state index is 12.9. The Bertz CT molecular complexity index is 1220. The van der Waals surface area contributed by atoms with Gasteiger partial charge in [0.15, 0.2) is 6.61 Å². The van der Waals surface area contributed by atoms with E-state index in [-0.39, 0.29) is 24.4 Å². The molecule has 33 heavy (non-hydrogen) atoms. The van der Waals surface area contributed by atoms with Gasteiger partial charge in [0.2, 0.25) is 0 Å². The van der Waals surface area contributed by atoms with Gasteiger partial charge in [-0.2, -0.15) is 0 Å². The molecule has 1 aliphatic carbocycles. The average Bonchev–Trinajstić information content (AvgIpc) is 3.50. The van der Waals surface area contributed by atoms with Gasteiger partial charge in [-0.15, -0.1) is 11.3 Å². The number of hydrogen-bond acceptors (Lipinski definition) is 7. The largest absolute Gasteiger partial charge is 0.456 e. The van der Waals surface area contributed by atoms with Crippen LogP contribution in [0, 0.1) is 0 Å². The zero-order valence-electron chi connectivity index (χ0n) is 17.9. The molecule has 1 saturated carbocycles. The van der Waals surface area contributed by atoms with Crippen LogP contribution in [0.5, 0.6) is 0 Å². The normalized spacial score (nSPS) is 13.0. The van der Waals surface area contributed by atoms with Crippen LogP contribution in [0.25, 0.3) is 10.9 Å². The molecule has 0 aliphatic heterocycles. The highest BCUT2D eigenvalue weighted by molar-refractivity contribution is 7.09. The minimum atomic E-state index is -0.712. The lowest BCUT2D eigenvalue weighted by atomic mass is 10.2. The van der Waals surface area contributed by atoms with Gasteiger partial charge in [0, 0.05) is 23.9 Å². The fourth-order valence-corrected chi connectivity index (χ4v) is 4.18. The fourth-order valence-electron chi connectivity index (χ4n) is 3.47. The highest BCUT2D eigenvalue weighted by Crippen LogP contribution is 2.34. The lowest BCUT2D eigenvalue weighted by Crippen LogP contribution is -2.42. The number of imide groups is 1. The van der Waals surface area contributed by atoms with E-state index in [1.54, 1.807) is 34.1 Å². The quantitative estimate of drug-likeness (QED) is 0.465. The molecular formula is C23H24N4O5S. The lowest BCUT2D eigenvalue weighted by molar-refractivity contribution is -0.148. The number of thiophene rings is 1. The Labute approximate surface area is 193 Å². The number of aromatic nitrogens is 2. The van der Waals surface area contributed by atoms with Gasteiger partial charge in [-0.25, -0.2) is 9.78 Å². The van der Waals surface area contributed by atoms with Gasteiger partial charge in [0.05, 0.1) is 17.3 Å². The van der Waals surface area contributed by atoms with Crippen molar-refractivity contribution in [3.8, 4) is 0 Å². The first kappa shape index (κ1) is 22.7. The average molecular weight is 469 g/mol. The van der Waals surface area contributed by atoms with Crippen molar-refractivity contribution in [1.82, 2.24) is 20.2 Å². The summed E-state index contributed by atoms with van der Waals surface area (Å²) in [5, 5.41) is 7.22. The molecule has 4 rings (SSSR count). The second-order valence-corrected chi connectivity index (χ2v) is 8.78. The molecule has 2 aromatic heterocycles. The summed E-state index contributed by atoms with van der Waals surface area (Å²) in [6.07, 6.45) is 2.68. The number of carbonyl (C=O) groups excluding carboxylic acids is 3.